The minimum atomic E-state index is -0.604. The Balaban J connectivity index is 2.37. The highest BCUT2D eigenvalue weighted by atomic mass is 16.7. The van der Waals surface area contributed by atoms with Crippen molar-refractivity contribution in [3.05, 3.63) is 17.7 Å². The Labute approximate surface area is 120 Å². The number of aliphatic hydroxyl groups is 1. The molecular weight excluding hydrogens is 257 g/mol. The molecule has 1 unspecified atom stereocenters. The Morgan fingerprint density at radius 1 is 1.20 bits per heavy atom. The molecule has 2 rings (SSSR count). The summed E-state index contributed by atoms with van der Waals surface area (Å²) in [5, 5.41) is 9.75. The number of pyridine rings is 1. The van der Waals surface area contributed by atoms with E-state index in [1.165, 1.54) is 0 Å². The van der Waals surface area contributed by atoms with Crippen molar-refractivity contribution in [1.82, 2.24) is 4.98 Å². The lowest BCUT2D eigenvalue weighted by molar-refractivity contribution is 0.00578. The molecule has 1 atom stereocenters. The molecule has 5 nitrogen and oxygen atoms in total. The van der Waals surface area contributed by atoms with Crippen molar-refractivity contribution in [3.63, 3.8) is 0 Å². The smallest absolute Gasteiger partial charge is 0.481 e. The van der Waals surface area contributed by atoms with Crippen LogP contribution in [0.3, 0.4) is 0 Å². The first-order valence-corrected chi connectivity index (χ1v) is 6.76. The van der Waals surface area contributed by atoms with Gasteiger partial charge in [-0.05, 0) is 46.2 Å². The Kier molecular flexibility index (Phi) is 3.84. The van der Waals surface area contributed by atoms with Crippen LogP contribution in [0.5, 0.6) is 5.88 Å². The molecule has 1 aliphatic heterocycles. The number of rotatable bonds is 3. The van der Waals surface area contributed by atoms with E-state index in [4.69, 9.17) is 14.0 Å². The first-order valence-electron chi connectivity index (χ1n) is 6.76. The third-order valence-corrected chi connectivity index (χ3v) is 4.03. The molecule has 1 aliphatic rings. The molecule has 0 radical (unpaired) electrons. The fourth-order valence-electron chi connectivity index (χ4n) is 1.98. The van der Waals surface area contributed by atoms with Gasteiger partial charge in [-0.15, -0.1) is 0 Å². The van der Waals surface area contributed by atoms with Crippen LogP contribution in [0.4, 0.5) is 0 Å². The molecule has 110 valence electrons. The van der Waals surface area contributed by atoms with Crippen LogP contribution >= 0.6 is 0 Å². The second kappa shape index (κ2) is 5.02. The summed E-state index contributed by atoms with van der Waals surface area (Å²) < 4.78 is 17.1. The summed E-state index contributed by atoms with van der Waals surface area (Å²) in [4.78, 5) is 4.36. The highest BCUT2D eigenvalue weighted by molar-refractivity contribution is 6.61. The van der Waals surface area contributed by atoms with Gasteiger partial charge in [0.2, 0.25) is 5.88 Å². The van der Waals surface area contributed by atoms with Crippen LogP contribution in [0.15, 0.2) is 12.1 Å². The average Bonchev–Trinajstić information content (AvgIpc) is 2.58. The molecule has 1 N–H and O–H groups in total. The molecule has 1 fully saturated rings. The normalized spacial score (nSPS) is 21.9. The van der Waals surface area contributed by atoms with Gasteiger partial charge < -0.3 is 19.2 Å². The van der Waals surface area contributed by atoms with Crippen LogP contribution in [0, 0.1) is 0 Å². The number of ether oxygens (including phenoxy) is 1. The largest absolute Gasteiger partial charge is 0.514 e. The monoisotopic (exact) mass is 279 g/mol. The zero-order valence-electron chi connectivity index (χ0n) is 12.9. The number of hydrogen-bond acceptors (Lipinski definition) is 5. The standard InChI is InChI=1S/C14H22BNO4/c1-9(17)10-7-11(16-12(8-10)18-6)15-19-13(2,3)14(4,5)20-15/h7-9,17H,1-6H3. The van der Waals surface area contributed by atoms with Gasteiger partial charge in [-0.1, -0.05) is 0 Å². The molecule has 0 bridgehead atoms. The van der Waals surface area contributed by atoms with Crippen LogP contribution in [-0.4, -0.2) is 35.5 Å². The SMILES string of the molecule is COc1cc(C(C)O)cc(B2OC(C)(C)C(C)(C)O2)n1. The highest BCUT2D eigenvalue weighted by Crippen LogP contribution is 2.36. The number of methoxy groups -OCH3 is 1. The third kappa shape index (κ3) is 2.68. The van der Waals surface area contributed by atoms with Crippen LogP contribution in [0.25, 0.3) is 0 Å². The molecule has 1 aromatic rings. The van der Waals surface area contributed by atoms with Crippen molar-refractivity contribution < 1.29 is 19.2 Å². The molecule has 6 heteroatoms. The fraction of sp³-hybridized carbons (Fsp3) is 0.643. The minimum absolute atomic E-state index is 0.423. The van der Waals surface area contributed by atoms with E-state index in [0.717, 1.165) is 5.56 Å². The van der Waals surface area contributed by atoms with E-state index in [1.54, 1.807) is 26.2 Å². The van der Waals surface area contributed by atoms with Crippen molar-refractivity contribution in [1.29, 1.82) is 0 Å². The maximum atomic E-state index is 9.75. The van der Waals surface area contributed by atoms with Crippen molar-refractivity contribution in [2.75, 3.05) is 7.11 Å². The van der Waals surface area contributed by atoms with Crippen molar-refractivity contribution in [2.24, 2.45) is 0 Å². The number of hydrogen-bond donors (Lipinski definition) is 1. The van der Waals surface area contributed by atoms with E-state index in [1.807, 2.05) is 27.7 Å². The first kappa shape index (κ1) is 15.3. The van der Waals surface area contributed by atoms with E-state index in [0.29, 0.717) is 11.5 Å². The summed E-state index contributed by atoms with van der Waals surface area (Å²) in [6, 6.07) is 3.49. The van der Waals surface area contributed by atoms with Crippen LogP contribution < -0.4 is 10.3 Å². The summed E-state index contributed by atoms with van der Waals surface area (Å²) in [6.07, 6.45) is -0.604. The second-order valence-electron chi connectivity index (χ2n) is 6.13. The molecule has 0 aliphatic carbocycles. The van der Waals surface area contributed by atoms with E-state index >= 15 is 0 Å². The quantitative estimate of drug-likeness (QED) is 0.848. The summed E-state index contributed by atoms with van der Waals surface area (Å²) in [5.41, 5.74) is 0.487. The van der Waals surface area contributed by atoms with Gasteiger partial charge in [0.25, 0.3) is 0 Å². The number of aromatic nitrogens is 1. The zero-order valence-corrected chi connectivity index (χ0v) is 12.9. The lowest BCUT2D eigenvalue weighted by Crippen LogP contribution is -2.41. The van der Waals surface area contributed by atoms with E-state index in [9.17, 15) is 5.11 Å². The van der Waals surface area contributed by atoms with Gasteiger partial charge in [0.15, 0.2) is 0 Å². The average molecular weight is 279 g/mol. The molecule has 1 saturated heterocycles. The maximum absolute atomic E-state index is 9.75. The molecule has 0 aromatic carbocycles. The highest BCUT2D eigenvalue weighted by Gasteiger charge is 2.52. The molecule has 0 saturated carbocycles. The van der Waals surface area contributed by atoms with Gasteiger partial charge >= 0.3 is 7.12 Å². The third-order valence-electron chi connectivity index (χ3n) is 4.03. The Morgan fingerprint density at radius 3 is 2.20 bits per heavy atom. The van der Waals surface area contributed by atoms with Crippen LogP contribution in [-0.2, 0) is 9.31 Å². The van der Waals surface area contributed by atoms with Gasteiger partial charge in [0.05, 0.1) is 30.0 Å². The van der Waals surface area contributed by atoms with Gasteiger partial charge in [0.1, 0.15) is 0 Å². The van der Waals surface area contributed by atoms with Gasteiger partial charge in [0, 0.05) is 6.07 Å². The topological polar surface area (TPSA) is 60.8 Å². The summed E-state index contributed by atoms with van der Waals surface area (Å²) in [7, 11) is 0.981. The lowest BCUT2D eigenvalue weighted by atomic mass is 9.83. The number of aliphatic hydroxyl groups excluding tert-OH is 1. The van der Waals surface area contributed by atoms with Crippen LogP contribution in [0.2, 0.25) is 0 Å². The predicted molar refractivity (Wildman–Crippen MR) is 77.1 cm³/mol. The summed E-state index contributed by atoms with van der Waals surface area (Å²) in [6.45, 7) is 9.65. The maximum Gasteiger partial charge on any atom is 0.514 e. The lowest BCUT2D eigenvalue weighted by Gasteiger charge is -2.32. The molecule has 20 heavy (non-hydrogen) atoms. The van der Waals surface area contributed by atoms with Crippen molar-refractivity contribution in [3.8, 4) is 5.88 Å². The van der Waals surface area contributed by atoms with Crippen LogP contribution in [0.1, 0.15) is 46.3 Å². The Bertz CT molecular complexity index is 486. The summed E-state index contributed by atoms with van der Waals surface area (Å²) >= 11 is 0. The molecule has 0 spiro atoms. The molecule has 0 amide bonds. The van der Waals surface area contributed by atoms with E-state index in [2.05, 4.69) is 4.98 Å². The Hall–Kier alpha value is -1.11. The minimum Gasteiger partial charge on any atom is -0.481 e. The fourth-order valence-corrected chi connectivity index (χ4v) is 1.98. The van der Waals surface area contributed by atoms with Gasteiger partial charge in [-0.3, -0.25) is 0 Å². The molecular formula is C14H22BNO4. The van der Waals surface area contributed by atoms with E-state index in [-0.39, 0.29) is 0 Å². The summed E-state index contributed by atoms with van der Waals surface area (Å²) in [5.74, 6) is 0.438. The Morgan fingerprint density at radius 2 is 1.75 bits per heavy atom. The zero-order chi connectivity index (χ0) is 15.1. The molecule has 1 aromatic heterocycles. The van der Waals surface area contributed by atoms with Crippen molar-refractivity contribution in [2.45, 2.75) is 51.9 Å². The first-order chi connectivity index (χ1) is 9.16. The van der Waals surface area contributed by atoms with Gasteiger partial charge in [-0.25, -0.2) is 4.98 Å². The second-order valence-corrected chi connectivity index (χ2v) is 6.13. The van der Waals surface area contributed by atoms with E-state index < -0.39 is 24.4 Å². The van der Waals surface area contributed by atoms with Gasteiger partial charge in [-0.2, -0.15) is 0 Å². The predicted octanol–water partition coefficient (Wildman–Crippen LogP) is 1.44. The molecule has 2 heterocycles. The number of nitrogens with zero attached hydrogens (tertiary/aromatic N) is 1. The van der Waals surface area contributed by atoms with Crippen molar-refractivity contribution >= 4 is 12.7 Å².